The van der Waals surface area contributed by atoms with Gasteiger partial charge >= 0.3 is 0 Å². The van der Waals surface area contributed by atoms with Gasteiger partial charge in [-0.05, 0) is 25.8 Å². The first-order chi connectivity index (χ1) is 9.04. The summed E-state index contributed by atoms with van der Waals surface area (Å²) >= 11 is 0. The fourth-order valence-corrected chi connectivity index (χ4v) is 2.19. The second-order valence-corrected chi connectivity index (χ2v) is 5.13. The van der Waals surface area contributed by atoms with Gasteiger partial charge in [-0.2, -0.15) is 0 Å². The van der Waals surface area contributed by atoms with E-state index in [1.54, 1.807) is 12.1 Å². The van der Waals surface area contributed by atoms with Crippen LogP contribution in [-0.4, -0.2) is 11.0 Å². The summed E-state index contributed by atoms with van der Waals surface area (Å²) in [5, 5.41) is 14.1. The standard InChI is InChI=1S/C15H24N2O2/c1-4-5-6-7-12(2)16-13(3)14-8-10-15(11-9-14)17(18)19/h8-13,16H,4-7H2,1-3H3. The molecule has 2 unspecified atom stereocenters. The molecule has 0 saturated carbocycles. The fraction of sp³-hybridized carbons (Fsp3) is 0.600. The molecule has 4 nitrogen and oxygen atoms in total. The van der Waals surface area contributed by atoms with Gasteiger partial charge in [0.15, 0.2) is 0 Å². The van der Waals surface area contributed by atoms with Crippen molar-refractivity contribution in [1.82, 2.24) is 5.32 Å². The number of benzene rings is 1. The molecule has 4 heteroatoms. The molecule has 0 bridgehead atoms. The number of rotatable bonds is 8. The highest BCUT2D eigenvalue weighted by atomic mass is 16.6. The Balaban J connectivity index is 2.48. The minimum Gasteiger partial charge on any atom is -0.308 e. The highest BCUT2D eigenvalue weighted by Crippen LogP contribution is 2.18. The van der Waals surface area contributed by atoms with Crippen LogP contribution < -0.4 is 5.32 Å². The first kappa shape index (κ1) is 15.6. The maximum atomic E-state index is 10.6. The van der Waals surface area contributed by atoms with Crippen molar-refractivity contribution in [3.63, 3.8) is 0 Å². The number of non-ortho nitro benzene ring substituents is 1. The maximum Gasteiger partial charge on any atom is 0.269 e. The Morgan fingerprint density at radius 3 is 2.37 bits per heavy atom. The van der Waals surface area contributed by atoms with Crippen molar-refractivity contribution >= 4 is 5.69 Å². The van der Waals surface area contributed by atoms with Crippen LogP contribution in [-0.2, 0) is 0 Å². The molecule has 0 saturated heterocycles. The summed E-state index contributed by atoms with van der Waals surface area (Å²) in [5.41, 5.74) is 1.24. The van der Waals surface area contributed by atoms with E-state index in [1.165, 1.54) is 25.7 Å². The van der Waals surface area contributed by atoms with Crippen molar-refractivity contribution in [2.24, 2.45) is 0 Å². The third-order valence-corrected chi connectivity index (χ3v) is 3.38. The van der Waals surface area contributed by atoms with Crippen LogP contribution in [0.3, 0.4) is 0 Å². The molecule has 1 rings (SSSR count). The molecule has 106 valence electrons. The zero-order chi connectivity index (χ0) is 14.3. The third kappa shape index (κ3) is 5.39. The Hall–Kier alpha value is -1.42. The van der Waals surface area contributed by atoms with Gasteiger partial charge in [-0.3, -0.25) is 10.1 Å². The molecule has 0 spiro atoms. The fourth-order valence-electron chi connectivity index (χ4n) is 2.19. The molecule has 0 radical (unpaired) electrons. The van der Waals surface area contributed by atoms with Crippen molar-refractivity contribution in [2.45, 2.75) is 58.5 Å². The molecule has 1 N–H and O–H groups in total. The summed E-state index contributed by atoms with van der Waals surface area (Å²) < 4.78 is 0. The number of unbranched alkanes of at least 4 members (excludes halogenated alkanes) is 2. The third-order valence-electron chi connectivity index (χ3n) is 3.38. The summed E-state index contributed by atoms with van der Waals surface area (Å²) in [6.45, 7) is 6.49. The highest BCUT2D eigenvalue weighted by molar-refractivity contribution is 5.34. The largest absolute Gasteiger partial charge is 0.308 e. The van der Waals surface area contributed by atoms with Crippen molar-refractivity contribution in [1.29, 1.82) is 0 Å². The van der Waals surface area contributed by atoms with Crippen LogP contribution in [0.4, 0.5) is 5.69 Å². The molecule has 0 aliphatic carbocycles. The Morgan fingerprint density at radius 1 is 1.21 bits per heavy atom. The first-order valence-electron chi connectivity index (χ1n) is 7.05. The average Bonchev–Trinajstić information content (AvgIpc) is 2.39. The molecule has 0 heterocycles. The van der Waals surface area contributed by atoms with Gasteiger partial charge in [-0.1, -0.05) is 38.3 Å². The number of nitro benzene ring substituents is 1. The predicted octanol–water partition coefficient (Wildman–Crippen LogP) is 4.21. The molecule has 1 aromatic rings. The second-order valence-electron chi connectivity index (χ2n) is 5.13. The minimum absolute atomic E-state index is 0.145. The highest BCUT2D eigenvalue weighted by Gasteiger charge is 2.11. The lowest BCUT2D eigenvalue weighted by atomic mass is 10.0. The van der Waals surface area contributed by atoms with Crippen LogP contribution in [0.2, 0.25) is 0 Å². The minimum atomic E-state index is -0.366. The Kier molecular flexibility index (Phi) is 6.50. The van der Waals surface area contributed by atoms with Gasteiger partial charge in [0.05, 0.1) is 4.92 Å². The normalized spacial score (nSPS) is 14.1. The van der Waals surface area contributed by atoms with E-state index in [-0.39, 0.29) is 16.7 Å². The van der Waals surface area contributed by atoms with Gasteiger partial charge in [0.25, 0.3) is 5.69 Å². The van der Waals surface area contributed by atoms with E-state index in [2.05, 4.69) is 26.1 Å². The molecule has 0 aromatic heterocycles. The van der Waals surface area contributed by atoms with Crippen molar-refractivity contribution in [2.75, 3.05) is 0 Å². The molecular weight excluding hydrogens is 240 g/mol. The zero-order valence-corrected chi connectivity index (χ0v) is 12.1. The molecule has 2 atom stereocenters. The van der Waals surface area contributed by atoms with E-state index in [4.69, 9.17) is 0 Å². The molecule has 0 amide bonds. The number of nitrogens with one attached hydrogen (secondary N) is 1. The molecule has 1 aromatic carbocycles. The number of hydrogen-bond acceptors (Lipinski definition) is 3. The Labute approximate surface area is 115 Å². The molecule has 0 fully saturated rings. The molecule has 0 aliphatic rings. The van der Waals surface area contributed by atoms with E-state index in [0.717, 1.165) is 5.56 Å². The topological polar surface area (TPSA) is 55.2 Å². The Bertz CT molecular complexity index is 390. The van der Waals surface area contributed by atoms with Gasteiger partial charge in [0, 0.05) is 24.2 Å². The van der Waals surface area contributed by atoms with Gasteiger partial charge in [0.1, 0.15) is 0 Å². The van der Waals surface area contributed by atoms with Crippen LogP contribution in [0.15, 0.2) is 24.3 Å². The lowest BCUT2D eigenvalue weighted by Crippen LogP contribution is -2.28. The zero-order valence-electron chi connectivity index (χ0n) is 12.1. The second kappa shape index (κ2) is 7.89. The molecule has 19 heavy (non-hydrogen) atoms. The van der Waals surface area contributed by atoms with Gasteiger partial charge in [-0.15, -0.1) is 0 Å². The van der Waals surface area contributed by atoms with Crippen molar-refractivity contribution in [3.05, 3.63) is 39.9 Å². The summed E-state index contributed by atoms with van der Waals surface area (Å²) in [6, 6.07) is 7.47. The lowest BCUT2D eigenvalue weighted by molar-refractivity contribution is -0.384. The maximum absolute atomic E-state index is 10.6. The van der Waals surface area contributed by atoms with Crippen molar-refractivity contribution < 1.29 is 4.92 Å². The molecular formula is C15H24N2O2. The van der Waals surface area contributed by atoms with E-state index >= 15 is 0 Å². The number of nitro groups is 1. The lowest BCUT2D eigenvalue weighted by Gasteiger charge is -2.20. The van der Waals surface area contributed by atoms with Crippen molar-refractivity contribution in [3.8, 4) is 0 Å². The average molecular weight is 264 g/mol. The number of nitrogens with zero attached hydrogens (tertiary/aromatic N) is 1. The summed E-state index contributed by atoms with van der Waals surface area (Å²) in [7, 11) is 0. The van der Waals surface area contributed by atoms with E-state index in [9.17, 15) is 10.1 Å². The summed E-state index contributed by atoms with van der Waals surface area (Å²) in [5.74, 6) is 0. The number of hydrogen-bond donors (Lipinski definition) is 1. The quantitative estimate of drug-likeness (QED) is 0.434. The Morgan fingerprint density at radius 2 is 1.84 bits per heavy atom. The van der Waals surface area contributed by atoms with Crippen LogP contribution in [0, 0.1) is 10.1 Å². The van der Waals surface area contributed by atoms with E-state index in [0.29, 0.717) is 6.04 Å². The smallest absolute Gasteiger partial charge is 0.269 e. The van der Waals surface area contributed by atoms with Gasteiger partial charge in [-0.25, -0.2) is 0 Å². The SMILES string of the molecule is CCCCCC(C)NC(C)c1ccc([N+](=O)[O-])cc1. The van der Waals surface area contributed by atoms with Crippen LogP contribution in [0.1, 0.15) is 58.1 Å². The summed E-state index contributed by atoms with van der Waals surface area (Å²) in [4.78, 5) is 10.2. The first-order valence-corrected chi connectivity index (χ1v) is 7.05. The van der Waals surface area contributed by atoms with E-state index < -0.39 is 0 Å². The predicted molar refractivity (Wildman–Crippen MR) is 78.3 cm³/mol. The van der Waals surface area contributed by atoms with Crippen LogP contribution in [0.25, 0.3) is 0 Å². The molecule has 0 aliphatic heterocycles. The van der Waals surface area contributed by atoms with Crippen LogP contribution in [0.5, 0.6) is 0 Å². The van der Waals surface area contributed by atoms with Crippen LogP contribution >= 0.6 is 0 Å². The van der Waals surface area contributed by atoms with E-state index in [1.807, 2.05) is 12.1 Å². The van der Waals surface area contributed by atoms with Gasteiger partial charge < -0.3 is 5.32 Å². The van der Waals surface area contributed by atoms with Gasteiger partial charge in [0.2, 0.25) is 0 Å². The monoisotopic (exact) mass is 264 g/mol. The summed E-state index contributed by atoms with van der Waals surface area (Å²) in [6.07, 6.45) is 4.94.